The predicted molar refractivity (Wildman–Crippen MR) is 60.1 cm³/mol. The Morgan fingerprint density at radius 3 is 2.64 bits per heavy atom. The van der Waals surface area contributed by atoms with Gasteiger partial charge in [0.1, 0.15) is 0 Å². The molecule has 3 heteroatoms. The van der Waals surface area contributed by atoms with Gasteiger partial charge in [0.15, 0.2) is 0 Å². The Morgan fingerprint density at radius 1 is 1.36 bits per heavy atom. The highest BCUT2D eigenvalue weighted by atomic mass is 35.5. The molecule has 1 fully saturated rings. The molecule has 1 aromatic carbocycles. The molecule has 4 N–H and O–H groups in total. The molecule has 0 bridgehead atoms. The second-order valence-electron chi connectivity index (χ2n) is 3.96. The van der Waals surface area contributed by atoms with Crippen LogP contribution in [0.4, 0.5) is 5.69 Å². The lowest BCUT2D eigenvalue weighted by atomic mass is 9.77. The Hall–Kier alpha value is -0.730. The second-order valence-corrected chi connectivity index (χ2v) is 4.37. The molecule has 0 heterocycles. The molecular weight excluding hydrogens is 196 g/mol. The van der Waals surface area contributed by atoms with Crippen molar-refractivity contribution in [3.05, 3.63) is 28.8 Å². The van der Waals surface area contributed by atoms with E-state index in [2.05, 4.69) is 0 Å². The largest absolute Gasteiger partial charge is 0.397 e. The maximum Gasteiger partial charge on any atom is 0.0638 e. The van der Waals surface area contributed by atoms with Crippen molar-refractivity contribution in [2.75, 3.05) is 5.73 Å². The molecule has 76 valence electrons. The quantitative estimate of drug-likeness (QED) is 0.738. The highest BCUT2D eigenvalue weighted by Crippen LogP contribution is 2.39. The van der Waals surface area contributed by atoms with Crippen molar-refractivity contribution < 1.29 is 0 Å². The summed E-state index contributed by atoms with van der Waals surface area (Å²) in [5, 5.41) is 0.609. The Kier molecular flexibility index (Phi) is 2.66. The Labute approximate surface area is 89.2 Å². The summed E-state index contributed by atoms with van der Waals surface area (Å²) >= 11 is 5.94. The van der Waals surface area contributed by atoms with E-state index in [0.29, 0.717) is 16.6 Å². The van der Waals surface area contributed by atoms with E-state index in [4.69, 9.17) is 23.1 Å². The third kappa shape index (κ3) is 1.60. The van der Waals surface area contributed by atoms with Crippen LogP contribution in [0.15, 0.2) is 18.2 Å². The number of hydrogen-bond acceptors (Lipinski definition) is 2. The number of nitrogens with two attached hydrogens (primary N) is 2. The standard InChI is InChI=1S/C11H15ClN2/c12-9-6-2-5-8(11(9)14)10(13)7-3-1-4-7/h2,5-7,10H,1,3-4,13-14H2/t10-/m1/s1. The third-order valence-corrected chi connectivity index (χ3v) is 3.43. The number of hydrogen-bond donors (Lipinski definition) is 2. The van der Waals surface area contributed by atoms with Crippen molar-refractivity contribution in [3.8, 4) is 0 Å². The average Bonchev–Trinajstić information content (AvgIpc) is 2.06. The molecule has 1 aliphatic rings. The minimum absolute atomic E-state index is 0.0578. The van der Waals surface area contributed by atoms with Gasteiger partial charge in [-0.2, -0.15) is 0 Å². The summed E-state index contributed by atoms with van der Waals surface area (Å²) in [5.74, 6) is 0.593. The van der Waals surface area contributed by atoms with E-state index < -0.39 is 0 Å². The van der Waals surface area contributed by atoms with E-state index in [0.717, 1.165) is 5.56 Å². The van der Waals surface area contributed by atoms with Gasteiger partial charge >= 0.3 is 0 Å². The van der Waals surface area contributed by atoms with E-state index in [9.17, 15) is 0 Å². The van der Waals surface area contributed by atoms with E-state index in [1.807, 2.05) is 12.1 Å². The molecule has 1 aromatic rings. The Bertz CT molecular complexity index is 334. The first kappa shape index (κ1) is 9.81. The normalized spacial score (nSPS) is 19.0. The minimum Gasteiger partial charge on any atom is -0.397 e. The van der Waals surface area contributed by atoms with Crippen molar-refractivity contribution >= 4 is 17.3 Å². The van der Waals surface area contributed by atoms with Gasteiger partial charge < -0.3 is 11.5 Å². The van der Waals surface area contributed by atoms with Crippen molar-refractivity contribution in [3.63, 3.8) is 0 Å². The van der Waals surface area contributed by atoms with Crippen molar-refractivity contribution in [1.82, 2.24) is 0 Å². The van der Waals surface area contributed by atoms with Crippen LogP contribution in [0.25, 0.3) is 0 Å². The first-order chi connectivity index (χ1) is 6.70. The molecule has 2 nitrogen and oxygen atoms in total. The van der Waals surface area contributed by atoms with Gasteiger partial charge in [-0.15, -0.1) is 0 Å². The zero-order valence-corrected chi connectivity index (χ0v) is 8.80. The molecule has 1 aliphatic carbocycles. The summed E-state index contributed by atoms with van der Waals surface area (Å²) in [6, 6.07) is 5.74. The van der Waals surface area contributed by atoms with E-state index in [1.54, 1.807) is 6.07 Å². The zero-order chi connectivity index (χ0) is 10.1. The fraction of sp³-hybridized carbons (Fsp3) is 0.455. The fourth-order valence-electron chi connectivity index (χ4n) is 1.90. The molecule has 0 radical (unpaired) electrons. The molecule has 0 saturated heterocycles. The summed E-state index contributed by atoms with van der Waals surface area (Å²) in [4.78, 5) is 0. The monoisotopic (exact) mass is 210 g/mol. The minimum atomic E-state index is 0.0578. The van der Waals surface area contributed by atoms with E-state index >= 15 is 0 Å². The van der Waals surface area contributed by atoms with Gasteiger partial charge in [0.05, 0.1) is 10.7 Å². The van der Waals surface area contributed by atoms with Gasteiger partial charge in [0, 0.05) is 6.04 Å². The van der Waals surface area contributed by atoms with Gasteiger partial charge in [0.25, 0.3) is 0 Å². The number of anilines is 1. The number of nitrogen functional groups attached to an aromatic ring is 1. The number of para-hydroxylation sites is 1. The summed E-state index contributed by atoms with van der Waals surface area (Å²) in [6.07, 6.45) is 3.72. The molecule has 0 spiro atoms. The topological polar surface area (TPSA) is 52.0 Å². The lowest BCUT2D eigenvalue weighted by molar-refractivity contribution is 0.265. The lowest BCUT2D eigenvalue weighted by Crippen LogP contribution is -2.27. The average molecular weight is 211 g/mol. The Morgan fingerprint density at radius 2 is 2.07 bits per heavy atom. The number of benzene rings is 1. The summed E-state index contributed by atoms with van der Waals surface area (Å²) in [7, 11) is 0. The molecule has 0 unspecified atom stereocenters. The van der Waals surface area contributed by atoms with Crippen LogP contribution in [0, 0.1) is 5.92 Å². The van der Waals surface area contributed by atoms with Gasteiger partial charge in [0.2, 0.25) is 0 Å². The summed E-state index contributed by atoms with van der Waals surface area (Å²) in [5.41, 5.74) is 13.7. The van der Waals surface area contributed by atoms with Crippen LogP contribution in [-0.4, -0.2) is 0 Å². The molecule has 1 saturated carbocycles. The molecule has 2 rings (SSSR count). The third-order valence-electron chi connectivity index (χ3n) is 3.10. The van der Waals surface area contributed by atoms with Gasteiger partial charge in [-0.1, -0.05) is 30.2 Å². The molecular formula is C11H15ClN2. The molecule has 0 aromatic heterocycles. The van der Waals surface area contributed by atoms with Crippen LogP contribution < -0.4 is 11.5 Å². The highest BCUT2D eigenvalue weighted by molar-refractivity contribution is 6.33. The van der Waals surface area contributed by atoms with E-state index in [-0.39, 0.29) is 6.04 Å². The van der Waals surface area contributed by atoms with Gasteiger partial charge in [-0.05, 0) is 30.4 Å². The lowest BCUT2D eigenvalue weighted by Gasteiger charge is -2.32. The van der Waals surface area contributed by atoms with Crippen LogP contribution in [-0.2, 0) is 0 Å². The van der Waals surface area contributed by atoms with Crippen LogP contribution >= 0.6 is 11.6 Å². The van der Waals surface area contributed by atoms with Crippen LogP contribution in [0.3, 0.4) is 0 Å². The number of halogens is 1. The summed E-state index contributed by atoms with van der Waals surface area (Å²) < 4.78 is 0. The first-order valence-corrected chi connectivity index (χ1v) is 5.37. The number of rotatable bonds is 2. The fourth-order valence-corrected chi connectivity index (χ4v) is 2.08. The predicted octanol–water partition coefficient (Wildman–Crippen LogP) is 2.72. The maximum absolute atomic E-state index is 6.13. The highest BCUT2D eigenvalue weighted by Gasteiger charge is 2.26. The SMILES string of the molecule is Nc1c(Cl)cccc1[C@H](N)C1CCC1. The second kappa shape index (κ2) is 3.79. The van der Waals surface area contributed by atoms with Crippen LogP contribution in [0.1, 0.15) is 30.9 Å². The van der Waals surface area contributed by atoms with Crippen molar-refractivity contribution in [2.24, 2.45) is 11.7 Å². The van der Waals surface area contributed by atoms with Crippen molar-refractivity contribution in [2.45, 2.75) is 25.3 Å². The van der Waals surface area contributed by atoms with Gasteiger partial charge in [-0.25, -0.2) is 0 Å². The first-order valence-electron chi connectivity index (χ1n) is 4.99. The van der Waals surface area contributed by atoms with Gasteiger partial charge in [-0.3, -0.25) is 0 Å². The molecule has 0 aliphatic heterocycles. The smallest absolute Gasteiger partial charge is 0.0638 e. The van der Waals surface area contributed by atoms with Crippen molar-refractivity contribution in [1.29, 1.82) is 0 Å². The molecule has 0 amide bonds. The summed E-state index contributed by atoms with van der Waals surface area (Å²) in [6.45, 7) is 0. The molecule has 14 heavy (non-hydrogen) atoms. The van der Waals surface area contributed by atoms with E-state index in [1.165, 1.54) is 19.3 Å². The zero-order valence-electron chi connectivity index (χ0n) is 8.04. The maximum atomic E-state index is 6.13. The molecule has 1 atom stereocenters. The van der Waals surface area contributed by atoms with Crippen LogP contribution in [0.5, 0.6) is 0 Å². The Balaban J connectivity index is 2.26. The van der Waals surface area contributed by atoms with Crippen LogP contribution in [0.2, 0.25) is 5.02 Å².